The Bertz CT molecular complexity index is 388. The summed E-state index contributed by atoms with van der Waals surface area (Å²) in [5.74, 6) is 1.99. The molecule has 1 atom stereocenters. The minimum absolute atomic E-state index is 0.136. The monoisotopic (exact) mass is 278 g/mol. The van der Waals surface area contributed by atoms with Crippen LogP contribution in [-0.4, -0.2) is 47.3 Å². The molecule has 4 heteroatoms. The van der Waals surface area contributed by atoms with E-state index in [0.29, 0.717) is 6.54 Å². The molecule has 2 heterocycles. The molecule has 0 spiro atoms. The Hall–Kier alpha value is -1.06. The van der Waals surface area contributed by atoms with Crippen LogP contribution in [0.15, 0.2) is 0 Å². The van der Waals surface area contributed by atoms with Crippen molar-refractivity contribution in [3.8, 4) is 0 Å². The van der Waals surface area contributed by atoms with Gasteiger partial charge in [-0.2, -0.15) is 0 Å². The Morgan fingerprint density at radius 3 is 2.60 bits per heavy atom. The van der Waals surface area contributed by atoms with E-state index in [1.54, 1.807) is 4.90 Å². The molecule has 0 radical (unpaired) electrons. The first-order valence-electron chi connectivity index (χ1n) is 8.23. The Balaban J connectivity index is 1.52. The lowest BCUT2D eigenvalue weighted by Crippen LogP contribution is -2.57. The van der Waals surface area contributed by atoms with Crippen LogP contribution in [0.25, 0.3) is 0 Å². The Kier molecular flexibility index (Phi) is 3.99. The number of piperazine rings is 1. The van der Waals surface area contributed by atoms with Gasteiger partial charge in [0.25, 0.3) is 0 Å². The molecule has 1 aliphatic carbocycles. The quantitative estimate of drug-likeness (QED) is 0.792. The normalized spacial score (nSPS) is 34.5. The van der Waals surface area contributed by atoms with Crippen molar-refractivity contribution in [3.63, 3.8) is 0 Å². The molecule has 20 heavy (non-hydrogen) atoms. The summed E-state index contributed by atoms with van der Waals surface area (Å²) in [5.41, 5.74) is 0. The number of amides is 2. The van der Waals surface area contributed by atoms with Crippen molar-refractivity contribution in [2.24, 2.45) is 11.8 Å². The molecule has 0 aromatic carbocycles. The highest BCUT2D eigenvalue weighted by atomic mass is 16.2. The van der Waals surface area contributed by atoms with Gasteiger partial charge in [0, 0.05) is 13.1 Å². The van der Waals surface area contributed by atoms with Crippen LogP contribution in [0.3, 0.4) is 0 Å². The standard InChI is InChI=1S/C16H26N2O2/c1-12-4-6-13(7-5-12)8-10-17-11-15(19)18-9-2-3-14(18)16(17)20/h12-14H,2-11H2,1H3. The van der Waals surface area contributed by atoms with Crippen molar-refractivity contribution in [1.82, 2.24) is 9.80 Å². The first-order chi connectivity index (χ1) is 9.65. The van der Waals surface area contributed by atoms with Gasteiger partial charge in [0.2, 0.25) is 11.8 Å². The van der Waals surface area contributed by atoms with E-state index in [1.165, 1.54) is 25.7 Å². The zero-order valence-electron chi connectivity index (χ0n) is 12.5. The lowest BCUT2D eigenvalue weighted by atomic mass is 9.81. The first-order valence-corrected chi connectivity index (χ1v) is 8.23. The summed E-state index contributed by atoms with van der Waals surface area (Å²) < 4.78 is 0. The van der Waals surface area contributed by atoms with Crippen LogP contribution in [0.2, 0.25) is 0 Å². The summed E-state index contributed by atoms with van der Waals surface area (Å²) >= 11 is 0. The van der Waals surface area contributed by atoms with E-state index in [2.05, 4.69) is 6.92 Å². The van der Waals surface area contributed by atoms with Gasteiger partial charge in [-0.05, 0) is 31.1 Å². The third kappa shape index (κ3) is 2.70. The highest BCUT2D eigenvalue weighted by Crippen LogP contribution is 2.31. The molecule has 0 aromatic rings. The lowest BCUT2D eigenvalue weighted by Gasteiger charge is -2.37. The van der Waals surface area contributed by atoms with E-state index in [9.17, 15) is 9.59 Å². The van der Waals surface area contributed by atoms with E-state index in [0.717, 1.165) is 44.2 Å². The maximum Gasteiger partial charge on any atom is 0.245 e. The summed E-state index contributed by atoms with van der Waals surface area (Å²) in [6.07, 6.45) is 8.18. The van der Waals surface area contributed by atoms with E-state index in [1.807, 2.05) is 4.90 Å². The summed E-state index contributed by atoms with van der Waals surface area (Å²) in [4.78, 5) is 28.1. The number of fused-ring (bicyclic) bond motifs is 1. The van der Waals surface area contributed by atoms with Gasteiger partial charge in [-0.25, -0.2) is 0 Å². The van der Waals surface area contributed by atoms with Crippen molar-refractivity contribution >= 4 is 11.8 Å². The molecular weight excluding hydrogens is 252 g/mol. The number of hydrogen-bond donors (Lipinski definition) is 0. The predicted molar refractivity (Wildman–Crippen MR) is 77.1 cm³/mol. The summed E-state index contributed by atoms with van der Waals surface area (Å²) in [6, 6.07) is -0.136. The van der Waals surface area contributed by atoms with Crippen LogP contribution in [0.5, 0.6) is 0 Å². The Labute approximate surface area is 121 Å². The zero-order chi connectivity index (χ0) is 14.1. The molecule has 4 nitrogen and oxygen atoms in total. The van der Waals surface area contributed by atoms with Crippen LogP contribution < -0.4 is 0 Å². The van der Waals surface area contributed by atoms with Crippen LogP contribution >= 0.6 is 0 Å². The molecule has 3 fully saturated rings. The van der Waals surface area contributed by atoms with Gasteiger partial charge >= 0.3 is 0 Å². The Morgan fingerprint density at radius 1 is 1.10 bits per heavy atom. The Morgan fingerprint density at radius 2 is 1.85 bits per heavy atom. The molecule has 0 bridgehead atoms. The molecule has 2 amide bonds. The summed E-state index contributed by atoms with van der Waals surface area (Å²) in [5, 5.41) is 0. The average Bonchev–Trinajstić information content (AvgIpc) is 2.93. The van der Waals surface area contributed by atoms with Crippen molar-refractivity contribution in [3.05, 3.63) is 0 Å². The van der Waals surface area contributed by atoms with Crippen molar-refractivity contribution in [2.75, 3.05) is 19.6 Å². The zero-order valence-corrected chi connectivity index (χ0v) is 12.5. The maximum absolute atomic E-state index is 12.4. The van der Waals surface area contributed by atoms with Gasteiger partial charge in [0.05, 0.1) is 6.54 Å². The van der Waals surface area contributed by atoms with E-state index >= 15 is 0 Å². The van der Waals surface area contributed by atoms with E-state index < -0.39 is 0 Å². The second-order valence-electron chi connectivity index (χ2n) is 6.92. The van der Waals surface area contributed by atoms with Crippen molar-refractivity contribution in [2.45, 2.75) is 57.9 Å². The molecule has 112 valence electrons. The number of rotatable bonds is 3. The molecule has 3 aliphatic rings. The molecule has 1 unspecified atom stereocenters. The fourth-order valence-corrected chi connectivity index (χ4v) is 4.01. The highest BCUT2D eigenvalue weighted by Gasteiger charge is 2.41. The third-order valence-electron chi connectivity index (χ3n) is 5.44. The van der Waals surface area contributed by atoms with E-state index in [-0.39, 0.29) is 17.9 Å². The first kappa shape index (κ1) is 13.9. The third-order valence-corrected chi connectivity index (χ3v) is 5.44. The number of hydrogen-bond acceptors (Lipinski definition) is 2. The molecule has 3 rings (SSSR count). The number of nitrogens with zero attached hydrogens (tertiary/aromatic N) is 2. The van der Waals surface area contributed by atoms with Crippen molar-refractivity contribution in [1.29, 1.82) is 0 Å². The lowest BCUT2D eigenvalue weighted by molar-refractivity contribution is -0.153. The van der Waals surface area contributed by atoms with Crippen LogP contribution in [-0.2, 0) is 9.59 Å². The van der Waals surface area contributed by atoms with Gasteiger partial charge in [-0.1, -0.05) is 32.6 Å². The molecule has 0 N–H and O–H groups in total. The summed E-state index contributed by atoms with van der Waals surface area (Å²) in [7, 11) is 0. The van der Waals surface area contributed by atoms with Gasteiger partial charge in [0.15, 0.2) is 0 Å². The van der Waals surface area contributed by atoms with Gasteiger partial charge in [-0.15, -0.1) is 0 Å². The minimum Gasteiger partial charge on any atom is -0.332 e. The highest BCUT2D eigenvalue weighted by molar-refractivity contribution is 5.95. The molecular formula is C16H26N2O2. The van der Waals surface area contributed by atoms with Crippen LogP contribution in [0.4, 0.5) is 0 Å². The molecule has 0 aromatic heterocycles. The maximum atomic E-state index is 12.4. The molecule has 2 saturated heterocycles. The smallest absolute Gasteiger partial charge is 0.245 e. The predicted octanol–water partition coefficient (Wildman–Crippen LogP) is 2.04. The van der Waals surface area contributed by atoms with Gasteiger partial charge in [0.1, 0.15) is 6.04 Å². The van der Waals surface area contributed by atoms with Gasteiger partial charge < -0.3 is 9.80 Å². The fraction of sp³-hybridized carbons (Fsp3) is 0.875. The second-order valence-corrected chi connectivity index (χ2v) is 6.92. The van der Waals surface area contributed by atoms with Gasteiger partial charge in [-0.3, -0.25) is 9.59 Å². The fourth-order valence-electron chi connectivity index (χ4n) is 4.01. The summed E-state index contributed by atoms with van der Waals surface area (Å²) in [6.45, 7) is 4.22. The molecule has 2 aliphatic heterocycles. The van der Waals surface area contributed by atoms with Crippen LogP contribution in [0.1, 0.15) is 51.9 Å². The second kappa shape index (κ2) is 5.74. The minimum atomic E-state index is -0.136. The van der Waals surface area contributed by atoms with Crippen LogP contribution in [0, 0.1) is 11.8 Å². The number of carbonyl (C=O) groups excluding carboxylic acids is 2. The number of carbonyl (C=O) groups is 2. The SMILES string of the molecule is CC1CCC(CCN2CC(=O)N3CCCC3C2=O)CC1. The topological polar surface area (TPSA) is 40.6 Å². The van der Waals surface area contributed by atoms with Crippen molar-refractivity contribution < 1.29 is 9.59 Å². The van der Waals surface area contributed by atoms with E-state index in [4.69, 9.17) is 0 Å². The average molecular weight is 278 g/mol. The molecule has 1 saturated carbocycles. The largest absolute Gasteiger partial charge is 0.332 e.